The van der Waals surface area contributed by atoms with Gasteiger partial charge in [0.05, 0.1) is 6.61 Å². The lowest BCUT2D eigenvalue weighted by Gasteiger charge is -2.15. The van der Waals surface area contributed by atoms with Crippen LogP contribution < -0.4 is 0 Å². The SMILES string of the molecule is CCCCCCCCCCCCCCCCCCCCCC(=O)O[C@@H](CO)COC(=O)CCCCCCCCCCCCCCCCC(C)CC. The van der Waals surface area contributed by atoms with Gasteiger partial charge in [-0.05, 0) is 18.8 Å². The number of aliphatic hydroxyl groups excluding tert-OH is 1. The first-order valence-corrected chi connectivity index (χ1v) is 23.0. The maximum atomic E-state index is 12.2. The molecule has 0 rings (SSSR count). The Balaban J connectivity index is 3.46. The first kappa shape index (κ1) is 49.9. The molecule has 1 unspecified atom stereocenters. The van der Waals surface area contributed by atoms with Crippen molar-refractivity contribution in [1.29, 1.82) is 0 Å². The van der Waals surface area contributed by atoms with Gasteiger partial charge in [-0.15, -0.1) is 0 Å². The highest BCUT2D eigenvalue weighted by molar-refractivity contribution is 5.70. The topological polar surface area (TPSA) is 72.8 Å². The normalized spacial score (nSPS) is 12.6. The van der Waals surface area contributed by atoms with Crippen molar-refractivity contribution in [1.82, 2.24) is 0 Å². The minimum atomic E-state index is -0.763. The van der Waals surface area contributed by atoms with E-state index in [9.17, 15) is 14.7 Å². The van der Waals surface area contributed by atoms with Crippen LogP contribution in [0.15, 0.2) is 0 Å². The Morgan fingerprint density at radius 1 is 0.451 bits per heavy atom. The maximum absolute atomic E-state index is 12.2. The molecule has 0 heterocycles. The van der Waals surface area contributed by atoms with Crippen molar-refractivity contribution in [2.45, 2.75) is 264 Å². The van der Waals surface area contributed by atoms with Gasteiger partial charge in [-0.1, -0.05) is 233 Å². The van der Waals surface area contributed by atoms with E-state index in [0.717, 1.165) is 38.0 Å². The van der Waals surface area contributed by atoms with E-state index in [-0.39, 0.29) is 25.2 Å². The lowest BCUT2D eigenvalue weighted by Crippen LogP contribution is -2.28. The largest absolute Gasteiger partial charge is 0.462 e. The molecule has 0 aromatic rings. The first-order chi connectivity index (χ1) is 25.0. The fourth-order valence-electron chi connectivity index (χ4n) is 7.06. The van der Waals surface area contributed by atoms with Gasteiger partial charge in [-0.25, -0.2) is 0 Å². The molecule has 2 atom stereocenters. The van der Waals surface area contributed by atoms with E-state index >= 15 is 0 Å². The second-order valence-electron chi connectivity index (χ2n) is 16.1. The number of ether oxygens (including phenoxy) is 2. The van der Waals surface area contributed by atoms with Crippen molar-refractivity contribution in [2.24, 2.45) is 5.92 Å². The van der Waals surface area contributed by atoms with Crippen molar-refractivity contribution >= 4 is 11.9 Å². The van der Waals surface area contributed by atoms with Gasteiger partial charge in [-0.3, -0.25) is 9.59 Å². The zero-order valence-electron chi connectivity index (χ0n) is 34.8. The number of hydrogen-bond acceptors (Lipinski definition) is 5. The van der Waals surface area contributed by atoms with Crippen molar-refractivity contribution in [3.05, 3.63) is 0 Å². The molecule has 0 bridgehead atoms. The van der Waals surface area contributed by atoms with E-state index < -0.39 is 6.10 Å². The molecule has 0 aliphatic heterocycles. The Bertz CT molecular complexity index is 710. The summed E-state index contributed by atoms with van der Waals surface area (Å²) < 4.78 is 10.7. The van der Waals surface area contributed by atoms with Gasteiger partial charge in [0.2, 0.25) is 0 Å². The molecule has 0 fully saturated rings. The summed E-state index contributed by atoms with van der Waals surface area (Å²) in [5.74, 6) is 0.332. The highest BCUT2D eigenvalue weighted by atomic mass is 16.6. The van der Waals surface area contributed by atoms with Gasteiger partial charge in [0.15, 0.2) is 6.10 Å². The third-order valence-electron chi connectivity index (χ3n) is 10.9. The van der Waals surface area contributed by atoms with Crippen LogP contribution >= 0.6 is 0 Å². The molecule has 0 aromatic heterocycles. The Morgan fingerprint density at radius 2 is 0.765 bits per heavy atom. The molecule has 1 N–H and O–H groups in total. The summed E-state index contributed by atoms with van der Waals surface area (Å²) in [5.41, 5.74) is 0. The van der Waals surface area contributed by atoms with Crippen LogP contribution in [0, 0.1) is 5.92 Å². The zero-order valence-corrected chi connectivity index (χ0v) is 34.8. The van der Waals surface area contributed by atoms with Gasteiger partial charge in [-0.2, -0.15) is 0 Å². The predicted octanol–water partition coefficient (Wildman–Crippen LogP) is 14.5. The van der Waals surface area contributed by atoms with Crippen molar-refractivity contribution in [2.75, 3.05) is 13.2 Å². The number of aliphatic hydroxyl groups is 1. The molecule has 0 amide bonds. The smallest absolute Gasteiger partial charge is 0.306 e. The van der Waals surface area contributed by atoms with Gasteiger partial charge < -0.3 is 14.6 Å². The molecule has 0 aromatic carbocycles. The second kappa shape index (κ2) is 41.7. The van der Waals surface area contributed by atoms with Crippen LogP contribution in [0.5, 0.6) is 0 Å². The summed E-state index contributed by atoms with van der Waals surface area (Å²) in [5, 5.41) is 9.59. The summed E-state index contributed by atoms with van der Waals surface area (Å²) in [6, 6.07) is 0. The number of unbranched alkanes of at least 4 members (excludes halogenated alkanes) is 31. The van der Waals surface area contributed by atoms with Crippen LogP contribution in [0.3, 0.4) is 0 Å². The fourth-order valence-corrected chi connectivity index (χ4v) is 7.06. The van der Waals surface area contributed by atoms with Crippen LogP contribution in [0.4, 0.5) is 0 Å². The number of carbonyl (C=O) groups excluding carboxylic acids is 2. The van der Waals surface area contributed by atoms with Crippen LogP contribution in [-0.2, 0) is 19.1 Å². The van der Waals surface area contributed by atoms with Gasteiger partial charge >= 0.3 is 11.9 Å². The van der Waals surface area contributed by atoms with Crippen LogP contribution in [-0.4, -0.2) is 36.4 Å². The molecule has 0 spiro atoms. The van der Waals surface area contributed by atoms with E-state index in [1.165, 1.54) is 193 Å². The van der Waals surface area contributed by atoms with Gasteiger partial charge in [0.25, 0.3) is 0 Å². The third-order valence-corrected chi connectivity index (χ3v) is 10.9. The Kier molecular flexibility index (Phi) is 40.8. The average Bonchev–Trinajstić information content (AvgIpc) is 3.13. The monoisotopic (exact) mass is 723 g/mol. The molecule has 5 nitrogen and oxygen atoms in total. The number of esters is 2. The van der Waals surface area contributed by atoms with Crippen LogP contribution in [0.2, 0.25) is 0 Å². The molecule has 0 aliphatic carbocycles. The summed E-state index contributed by atoms with van der Waals surface area (Å²) in [6.07, 6.45) is 46.0. The highest BCUT2D eigenvalue weighted by Gasteiger charge is 2.16. The summed E-state index contributed by atoms with van der Waals surface area (Å²) in [7, 11) is 0. The maximum Gasteiger partial charge on any atom is 0.306 e. The summed E-state index contributed by atoms with van der Waals surface area (Å²) in [6.45, 7) is 6.57. The molecule has 0 radical (unpaired) electrons. The van der Waals surface area contributed by atoms with E-state index in [0.29, 0.717) is 12.8 Å². The van der Waals surface area contributed by atoms with Crippen LogP contribution in [0.25, 0.3) is 0 Å². The Morgan fingerprint density at radius 3 is 1.10 bits per heavy atom. The molecular formula is C46H90O5. The molecule has 0 saturated carbocycles. The molecule has 0 aliphatic rings. The number of hydrogen-bond donors (Lipinski definition) is 1. The summed E-state index contributed by atoms with van der Waals surface area (Å²) >= 11 is 0. The lowest BCUT2D eigenvalue weighted by molar-refractivity contribution is -0.161. The van der Waals surface area contributed by atoms with E-state index in [4.69, 9.17) is 9.47 Å². The first-order valence-electron chi connectivity index (χ1n) is 23.0. The Hall–Kier alpha value is -1.10. The average molecular weight is 723 g/mol. The number of rotatable bonds is 42. The van der Waals surface area contributed by atoms with Crippen molar-refractivity contribution in [3.63, 3.8) is 0 Å². The molecule has 5 heteroatoms. The molecule has 0 saturated heterocycles. The van der Waals surface area contributed by atoms with E-state index in [1.807, 2.05) is 0 Å². The van der Waals surface area contributed by atoms with Gasteiger partial charge in [0.1, 0.15) is 6.61 Å². The second-order valence-corrected chi connectivity index (χ2v) is 16.1. The van der Waals surface area contributed by atoms with E-state index in [2.05, 4.69) is 20.8 Å². The lowest BCUT2D eigenvalue weighted by atomic mass is 9.99. The van der Waals surface area contributed by atoms with Gasteiger partial charge in [0, 0.05) is 12.8 Å². The quantitative estimate of drug-likeness (QED) is 0.0501. The van der Waals surface area contributed by atoms with Crippen LogP contribution in [0.1, 0.15) is 258 Å². The van der Waals surface area contributed by atoms with Crippen molar-refractivity contribution < 1.29 is 24.2 Å². The number of carbonyl (C=O) groups is 2. The zero-order chi connectivity index (χ0) is 37.3. The minimum absolute atomic E-state index is 0.0570. The fraction of sp³-hybridized carbons (Fsp3) is 0.957. The molecule has 304 valence electrons. The summed E-state index contributed by atoms with van der Waals surface area (Å²) in [4.78, 5) is 24.4. The standard InChI is InChI=1S/C46H90O5/c1-4-6-7-8-9-10-11-12-13-14-15-16-17-22-25-28-31-34-37-40-46(49)51-44(41-47)42-50-45(48)39-36-33-30-27-24-21-19-18-20-23-26-29-32-35-38-43(3)5-2/h43-44,47H,4-42H2,1-3H3/t43?,44-/m0/s1. The Labute approximate surface area is 319 Å². The molecule has 51 heavy (non-hydrogen) atoms. The minimum Gasteiger partial charge on any atom is -0.462 e. The molecular weight excluding hydrogens is 633 g/mol. The predicted molar refractivity (Wildman–Crippen MR) is 219 cm³/mol. The third kappa shape index (κ3) is 39.9. The highest BCUT2D eigenvalue weighted by Crippen LogP contribution is 2.17. The van der Waals surface area contributed by atoms with Crippen molar-refractivity contribution in [3.8, 4) is 0 Å². The van der Waals surface area contributed by atoms with E-state index in [1.54, 1.807) is 0 Å².